The molecule has 0 aliphatic carbocycles. The van der Waals surface area contributed by atoms with Crippen LogP contribution < -0.4 is 0 Å². The summed E-state index contributed by atoms with van der Waals surface area (Å²) in [7, 11) is 1.77. The molecule has 0 aliphatic heterocycles. The second-order valence-electron chi connectivity index (χ2n) is 5.42. The number of pyridine rings is 1. The van der Waals surface area contributed by atoms with E-state index < -0.39 is 0 Å². The maximum atomic E-state index is 12.5. The molecule has 0 N–H and O–H groups in total. The fraction of sp³-hybridized carbons (Fsp3) is 0.312. The normalized spacial score (nSPS) is 12.5. The highest BCUT2D eigenvalue weighted by atomic mass is 16.5. The molecule has 6 heteroatoms. The average molecular weight is 298 g/mol. The van der Waals surface area contributed by atoms with Crippen LogP contribution in [0.3, 0.4) is 0 Å². The molecule has 3 heterocycles. The summed E-state index contributed by atoms with van der Waals surface area (Å²) < 4.78 is 6.80. The molecule has 0 saturated carbocycles. The third-order valence-electron chi connectivity index (χ3n) is 4.00. The van der Waals surface area contributed by atoms with Crippen LogP contribution in [0.2, 0.25) is 0 Å². The van der Waals surface area contributed by atoms with Crippen molar-refractivity contribution in [3.8, 4) is 0 Å². The lowest BCUT2D eigenvalue weighted by Crippen LogP contribution is -2.31. The lowest BCUT2D eigenvalue weighted by molar-refractivity contribution is -0.131. The molecular formula is C16H18N4O2. The van der Waals surface area contributed by atoms with Crippen LogP contribution in [-0.2, 0) is 11.2 Å². The molecule has 0 saturated heterocycles. The molecule has 0 bridgehead atoms. The van der Waals surface area contributed by atoms with Crippen LogP contribution in [0.4, 0.5) is 0 Å². The zero-order valence-corrected chi connectivity index (χ0v) is 12.9. The quantitative estimate of drug-likeness (QED) is 0.742. The first kappa shape index (κ1) is 14.3. The molecule has 3 aromatic rings. The molecule has 1 unspecified atom stereocenters. The molecule has 3 rings (SSSR count). The predicted octanol–water partition coefficient (Wildman–Crippen LogP) is 2.39. The van der Waals surface area contributed by atoms with Gasteiger partial charge in [0.25, 0.3) is 0 Å². The highest BCUT2D eigenvalue weighted by Gasteiger charge is 2.20. The number of likely N-dealkylation sites (N-methyl/N-ethyl adjacent to an activating group) is 1. The molecule has 0 spiro atoms. The lowest BCUT2D eigenvalue weighted by Gasteiger charge is -2.23. The van der Waals surface area contributed by atoms with E-state index in [9.17, 15) is 4.79 Å². The van der Waals surface area contributed by atoms with Gasteiger partial charge in [-0.1, -0.05) is 11.2 Å². The van der Waals surface area contributed by atoms with Crippen LogP contribution in [0.15, 0.2) is 41.4 Å². The van der Waals surface area contributed by atoms with Gasteiger partial charge in [0.1, 0.15) is 17.6 Å². The minimum absolute atomic E-state index is 0.0128. The van der Waals surface area contributed by atoms with E-state index in [4.69, 9.17) is 4.52 Å². The number of hydrogen-bond donors (Lipinski definition) is 0. The third kappa shape index (κ3) is 2.47. The molecule has 3 aromatic heterocycles. The Kier molecular flexibility index (Phi) is 3.66. The van der Waals surface area contributed by atoms with Crippen molar-refractivity contribution in [3.05, 3.63) is 53.8 Å². The van der Waals surface area contributed by atoms with Crippen LogP contribution in [0, 0.1) is 6.92 Å². The number of amides is 1. The molecule has 114 valence electrons. The molecule has 1 atom stereocenters. The summed E-state index contributed by atoms with van der Waals surface area (Å²) in [5.41, 5.74) is 3.59. The number of imidazole rings is 1. The SMILES string of the molecule is Cc1cccn2c(CC(=O)N(C)C(C)c3ccon3)cnc12. The smallest absolute Gasteiger partial charge is 0.228 e. The van der Waals surface area contributed by atoms with E-state index in [0.717, 1.165) is 22.6 Å². The van der Waals surface area contributed by atoms with Gasteiger partial charge in [-0.15, -0.1) is 0 Å². The fourth-order valence-corrected chi connectivity index (χ4v) is 2.46. The van der Waals surface area contributed by atoms with Crippen LogP contribution in [-0.4, -0.2) is 32.4 Å². The monoisotopic (exact) mass is 298 g/mol. The summed E-state index contributed by atoms with van der Waals surface area (Å²) >= 11 is 0. The Hall–Kier alpha value is -2.63. The molecule has 1 amide bonds. The van der Waals surface area contributed by atoms with Gasteiger partial charge in [-0.2, -0.15) is 0 Å². The van der Waals surface area contributed by atoms with Gasteiger partial charge in [0.05, 0.1) is 18.2 Å². The van der Waals surface area contributed by atoms with Gasteiger partial charge in [-0.25, -0.2) is 4.98 Å². The Morgan fingerprint density at radius 2 is 2.27 bits per heavy atom. The Morgan fingerprint density at radius 1 is 1.45 bits per heavy atom. The number of carbonyl (C=O) groups excluding carboxylic acids is 1. The third-order valence-corrected chi connectivity index (χ3v) is 4.00. The van der Waals surface area contributed by atoms with Gasteiger partial charge in [0.2, 0.25) is 5.91 Å². The maximum absolute atomic E-state index is 12.5. The number of carbonyl (C=O) groups is 1. The first-order valence-electron chi connectivity index (χ1n) is 7.15. The lowest BCUT2D eigenvalue weighted by atomic mass is 10.2. The van der Waals surface area contributed by atoms with E-state index in [2.05, 4.69) is 10.1 Å². The molecule has 0 fully saturated rings. The number of aryl methyl sites for hydroxylation is 1. The Bertz CT molecular complexity index is 792. The van der Waals surface area contributed by atoms with Crippen LogP contribution in [0.25, 0.3) is 5.65 Å². The van der Waals surface area contributed by atoms with E-state index in [1.165, 1.54) is 6.26 Å². The van der Waals surface area contributed by atoms with Crippen molar-refractivity contribution in [3.63, 3.8) is 0 Å². The average Bonchev–Trinajstić information content (AvgIpc) is 3.16. The molecule has 0 aliphatic rings. The van der Waals surface area contributed by atoms with Crippen LogP contribution in [0.5, 0.6) is 0 Å². The first-order valence-corrected chi connectivity index (χ1v) is 7.15. The predicted molar refractivity (Wildman–Crippen MR) is 81.3 cm³/mol. The molecule has 0 aromatic carbocycles. The number of rotatable bonds is 4. The van der Waals surface area contributed by atoms with Gasteiger partial charge in [0.15, 0.2) is 0 Å². The molecular weight excluding hydrogens is 280 g/mol. The first-order chi connectivity index (χ1) is 10.6. The second kappa shape index (κ2) is 5.63. The van der Waals surface area contributed by atoms with Gasteiger partial charge in [0, 0.05) is 25.5 Å². The van der Waals surface area contributed by atoms with E-state index in [-0.39, 0.29) is 11.9 Å². The summed E-state index contributed by atoms with van der Waals surface area (Å²) in [6.07, 6.45) is 5.49. The van der Waals surface area contributed by atoms with Crippen molar-refractivity contribution >= 4 is 11.6 Å². The highest BCUT2D eigenvalue weighted by molar-refractivity contribution is 5.78. The zero-order chi connectivity index (χ0) is 15.7. The second-order valence-corrected chi connectivity index (χ2v) is 5.42. The summed E-state index contributed by atoms with van der Waals surface area (Å²) in [6.45, 7) is 3.93. The Balaban J connectivity index is 1.80. The van der Waals surface area contributed by atoms with Crippen molar-refractivity contribution in [2.45, 2.75) is 26.3 Å². The number of hydrogen-bond acceptors (Lipinski definition) is 4. The van der Waals surface area contributed by atoms with Gasteiger partial charge in [-0.3, -0.25) is 4.79 Å². The number of fused-ring (bicyclic) bond motifs is 1. The van der Waals surface area contributed by atoms with E-state index in [1.54, 1.807) is 24.2 Å². The van der Waals surface area contributed by atoms with Crippen LogP contribution in [0.1, 0.15) is 29.9 Å². The van der Waals surface area contributed by atoms with E-state index in [0.29, 0.717) is 6.42 Å². The van der Waals surface area contributed by atoms with Crippen LogP contribution >= 0.6 is 0 Å². The summed E-state index contributed by atoms with van der Waals surface area (Å²) in [5, 5.41) is 3.89. The number of nitrogens with zero attached hydrogens (tertiary/aromatic N) is 4. The fourth-order valence-electron chi connectivity index (χ4n) is 2.46. The van der Waals surface area contributed by atoms with E-state index >= 15 is 0 Å². The maximum Gasteiger partial charge on any atom is 0.228 e. The van der Waals surface area contributed by atoms with Crippen molar-refractivity contribution in [2.24, 2.45) is 0 Å². The summed E-state index contributed by atoms with van der Waals surface area (Å²) in [4.78, 5) is 18.6. The molecule has 6 nitrogen and oxygen atoms in total. The Labute approximate surface area is 128 Å². The van der Waals surface area contributed by atoms with Crippen molar-refractivity contribution in [2.75, 3.05) is 7.05 Å². The topological polar surface area (TPSA) is 63.6 Å². The van der Waals surface area contributed by atoms with Crippen molar-refractivity contribution in [1.29, 1.82) is 0 Å². The molecule has 22 heavy (non-hydrogen) atoms. The van der Waals surface area contributed by atoms with E-state index in [1.807, 2.05) is 36.6 Å². The summed E-state index contributed by atoms with van der Waals surface area (Å²) in [5.74, 6) is 0.0128. The largest absolute Gasteiger partial charge is 0.364 e. The summed E-state index contributed by atoms with van der Waals surface area (Å²) in [6, 6.07) is 5.60. The zero-order valence-electron chi connectivity index (χ0n) is 12.9. The standard InChI is InChI=1S/C16H18N4O2/c1-11-5-4-7-20-13(10-17-16(11)20)9-15(21)19(3)12(2)14-6-8-22-18-14/h4-8,10,12H,9H2,1-3H3. The number of aromatic nitrogens is 3. The van der Waals surface area contributed by atoms with Gasteiger partial charge < -0.3 is 13.8 Å². The van der Waals surface area contributed by atoms with Gasteiger partial charge >= 0.3 is 0 Å². The Morgan fingerprint density at radius 3 is 3.00 bits per heavy atom. The van der Waals surface area contributed by atoms with Crippen molar-refractivity contribution in [1.82, 2.24) is 19.4 Å². The highest BCUT2D eigenvalue weighted by Crippen LogP contribution is 2.18. The minimum atomic E-state index is -0.132. The van der Waals surface area contributed by atoms with Crippen molar-refractivity contribution < 1.29 is 9.32 Å². The molecule has 0 radical (unpaired) electrons. The minimum Gasteiger partial charge on any atom is -0.364 e. The van der Waals surface area contributed by atoms with Gasteiger partial charge in [-0.05, 0) is 25.5 Å².